The molecule has 0 saturated heterocycles. The molecule has 0 radical (unpaired) electrons. The molecule has 8 nitrogen and oxygen atoms in total. The minimum Gasteiger partial charge on any atom is -0.373 e. The molecule has 1 heterocycles. The van der Waals surface area contributed by atoms with E-state index in [9.17, 15) is 20.0 Å². The van der Waals surface area contributed by atoms with Crippen LogP contribution in [0.2, 0.25) is 0 Å². The van der Waals surface area contributed by atoms with Gasteiger partial charge < -0.3 is 10.8 Å². The summed E-state index contributed by atoms with van der Waals surface area (Å²) in [6.07, 6.45) is -0.705. The molecule has 0 aliphatic heterocycles. The molecule has 19 heavy (non-hydrogen) atoms. The number of non-ortho nitro benzene ring substituents is 1. The number of carbonyl (C=O) groups is 1. The molecule has 8 heteroatoms. The summed E-state index contributed by atoms with van der Waals surface area (Å²) in [5.74, 6) is -0.920. The van der Waals surface area contributed by atoms with Crippen molar-refractivity contribution in [1.29, 1.82) is 0 Å². The maximum absolute atomic E-state index is 11.3. The predicted octanol–water partition coefficient (Wildman–Crippen LogP) is 0.944. The summed E-state index contributed by atoms with van der Waals surface area (Å²) in [6.45, 7) is 1.71. The number of imidazole rings is 1. The van der Waals surface area contributed by atoms with Crippen LogP contribution in [0.25, 0.3) is 11.0 Å². The first kappa shape index (κ1) is 13.0. The lowest BCUT2D eigenvalue weighted by Gasteiger charge is -2.12. The van der Waals surface area contributed by atoms with E-state index in [1.807, 2.05) is 0 Å². The maximum Gasteiger partial charge on any atom is 0.284 e. The predicted molar refractivity (Wildman–Crippen MR) is 66.5 cm³/mol. The number of aliphatic hydroxyl groups is 1. The number of carbonyl (C=O) groups excluding carboxylic acids is 1. The Hall–Kier alpha value is -2.48. The highest BCUT2D eigenvalue weighted by Gasteiger charge is 2.21. The maximum atomic E-state index is 11.3. The second-order valence-electron chi connectivity index (χ2n) is 3.99. The third-order valence-electron chi connectivity index (χ3n) is 2.77. The van der Waals surface area contributed by atoms with E-state index >= 15 is 0 Å². The summed E-state index contributed by atoms with van der Waals surface area (Å²) in [7, 11) is 0. The number of nitro groups is 1. The second kappa shape index (κ2) is 4.65. The van der Waals surface area contributed by atoms with Crippen molar-refractivity contribution in [3.63, 3.8) is 0 Å². The summed E-state index contributed by atoms with van der Waals surface area (Å²) in [4.78, 5) is 25.5. The van der Waals surface area contributed by atoms with Gasteiger partial charge in [-0.2, -0.15) is 0 Å². The molecule has 1 atom stereocenters. The Morgan fingerprint density at radius 3 is 2.84 bits per heavy atom. The topological polar surface area (TPSA) is 124 Å². The van der Waals surface area contributed by atoms with Gasteiger partial charge in [-0.25, -0.2) is 4.98 Å². The number of primary amides is 1. The van der Waals surface area contributed by atoms with Crippen LogP contribution in [0.3, 0.4) is 0 Å². The van der Waals surface area contributed by atoms with Gasteiger partial charge in [0.25, 0.3) is 11.6 Å². The van der Waals surface area contributed by atoms with Gasteiger partial charge in [0, 0.05) is 12.1 Å². The van der Waals surface area contributed by atoms with Crippen molar-refractivity contribution in [2.24, 2.45) is 5.73 Å². The molecule has 0 aliphatic carbocycles. The lowest BCUT2D eigenvalue weighted by molar-refractivity contribution is -0.384. The standard InChI is InChI=1S/C11H12N4O4/c1-2-9(16)14-8-5-6(15(18)19)3-4-7(8)13-11(14)10(12)17/h3-5,9,16H,2H2,1H3,(H2,12,17). The van der Waals surface area contributed by atoms with Crippen LogP contribution in [-0.2, 0) is 0 Å². The normalized spacial score (nSPS) is 12.5. The Morgan fingerprint density at radius 1 is 1.63 bits per heavy atom. The second-order valence-corrected chi connectivity index (χ2v) is 3.99. The monoisotopic (exact) mass is 264 g/mol. The Morgan fingerprint density at radius 2 is 2.32 bits per heavy atom. The summed E-state index contributed by atoms with van der Waals surface area (Å²) in [5.41, 5.74) is 5.73. The summed E-state index contributed by atoms with van der Waals surface area (Å²) < 4.78 is 1.21. The van der Waals surface area contributed by atoms with Crippen LogP contribution >= 0.6 is 0 Å². The molecule has 100 valence electrons. The fourth-order valence-corrected chi connectivity index (χ4v) is 1.85. The van der Waals surface area contributed by atoms with Crippen LogP contribution in [0, 0.1) is 10.1 Å². The number of nitro benzene ring substituents is 1. The van der Waals surface area contributed by atoms with E-state index in [1.165, 1.54) is 22.8 Å². The largest absolute Gasteiger partial charge is 0.373 e. The third-order valence-corrected chi connectivity index (χ3v) is 2.77. The summed E-state index contributed by atoms with van der Waals surface area (Å²) >= 11 is 0. The lowest BCUT2D eigenvalue weighted by Crippen LogP contribution is -2.21. The smallest absolute Gasteiger partial charge is 0.284 e. The highest BCUT2D eigenvalue weighted by atomic mass is 16.6. The number of aliphatic hydroxyl groups excluding tert-OH is 1. The van der Waals surface area contributed by atoms with E-state index < -0.39 is 17.1 Å². The molecule has 0 spiro atoms. The van der Waals surface area contributed by atoms with Gasteiger partial charge in [0.1, 0.15) is 6.23 Å². The molecule has 0 bridgehead atoms. The van der Waals surface area contributed by atoms with Gasteiger partial charge in [0.05, 0.1) is 16.0 Å². The summed E-state index contributed by atoms with van der Waals surface area (Å²) in [6, 6.07) is 3.95. The number of rotatable bonds is 4. The van der Waals surface area contributed by atoms with Crippen LogP contribution in [0.1, 0.15) is 30.2 Å². The molecule has 1 unspecified atom stereocenters. The van der Waals surface area contributed by atoms with Crippen molar-refractivity contribution in [3.05, 3.63) is 34.1 Å². The number of amides is 1. The Labute approximate surface area is 107 Å². The number of nitrogens with two attached hydrogens (primary N) is 1. The van der Waals surface area contributed by atoms with E-state index in [-0.39, 0.29) is 11.5 Å². The van der Waals surface area contributed by atoms with E-state index in [0.717, 1.165) is 0 Å². The Balaban J connectivity index is 2.77. The molecule has 2 rings (SSSR count). The first-order valence-electron chi connectivity index (χ1n) is 5.60. The minimum atomic E-state index is -1.02. The van der Waals surface area contributed by atoms with Gasteiger partial charge in [-0.05, 0) is 12.5 Å². The summed E-state index contributed by atoms with van der Waals surface area (Å²) in [5, 5.41) is 20.7. The average Bonchev–Trinajstić information content (AvgIpc) is 2.76. The Bertz CT molecular complexity index is 664. The van der Waals surface area contributed by atoms with Gasteiger partial charge in [-0.1, -0.05) is 6.92 Å². The van der Waals surface area contributed by atoms with E-state index in [2.05, 4.69) is 4.98 Å². The molecular weight excluding hydrogens is 252 g/mol. The van der Waals surface area contributed by atoms with Gasteiger partial charge >= 0.3 is 0 Å². The van der Waals surface area contributed by atoms with Crippen LogP contribution < -0.4 is 5.73 Å². The molecule has 0 aliphatic rings. The molecule has 0 saturated carbocycles. The van der Waals surface area contributed by atoms with Crippen LogP contribution in [0.15, 0.2) is 18.2 Å². The first-order valence-corrected chi connectivity index (χ1v) is 5.60. The van der Waals surface area contributed by atoms with Gasteiger partial charge in [0.2, 0.25) is 5.82 Å². The van der Waals surface area contributed by atoms with E-state index in [0.29, 0.717) is 17.5 Å². The Kier molecular flexibility index (Phi) is 3.17. The number of hydrogen-bond donors (Lipinski definition) is 2. The van der Waals surface area contributed by atoms with Gasteiger partial charge in [-0.3, -0.25) is 19.5 Å². The van der Waals surface area contributed by atoms with Crippen LogP contribution in [0.4, 0.5) is 5.69 Å². The molecule has 3 N–H and O–H groups in total. The van der Waals surface area contributed by atoms with Crippen LogP contribution in [-0.4, -0.2) is 25.5 Å². The molecule has 1 aromatic heterocycles. The minimum absolute atomic E-state index is 0.121. The SMILES string of the molecule is CCC(O)n1c(C(N)=O)nc2ccc([N+](=O)[O-])cc21. The zero-order chi connectivity index (χ0) is 14.2. The fourth-order valence-electron chi connectivity index (χ4n) is 1.85. The van der Waals surface area contributed by atoms with Gasteiger partial charge in [0.15, 0.2) is 0 Å². The van der Waals surface area contributed by atoms with Gasteiger partial charge in [-0.15, -0.1) is 0 Å². The zero-order valence-electron chi connectivity index (χ0n) is 10.1. The van der Waals surface area contributed by atoms with E-state index in [4.69, 9.17) is 5.73 Å². The first-order chi connectivity index (χ1) is 8.95. The van der Waals surface area contributed by atoms with Crippen molar-refractivity contribution in [2.45, 2.75) is 19.6 Å². The van der Waals surface area contributed by atoms with Crippen molar-refractivity contribution in [2.75, 3.05) is 0 Å². The van der Waals surface area contributed by atoms with Crippen molar-refractivity contribution in [3.8, 4) is 0 Å². The number of nitrogens with zero attached hydrogens (tertiary/aromatic N) is 3. The molecule has 0 fully saturated rings. The number of aromatic nitrogens is 2. The molecule has 1 aromatic carbocycles. The van der Waals surface area contributed by atoms with Crippen molar-refractivity contribution < 1.29 is 14.8 Å². The lowest BCUT2D eigenvalue weighted by atomic mass is 10.2. The molecule has 1 amide bonds. The quantitative estimate of drug-likeness (QED) is 0.628. The van der Waals surface area contributed by atoms with Crippen molar-refractivity contribution in [1.82, 2.24) is 9.55 Å². The zero-order valence-corrected chi connectivity index (χ0v) is 10.1. The highest BCUT2D eigenvalue weighted by Crippen LogP contribution is 2.25. The molecule has 2 aromatic rings. The van der Waals surface area contributed by atoms with E-state index in [1.54, 1.807) is 6.92 Å². The molecular formula is C11H12N4O4. The number of hydrogen-bond acceptors (Lipinski definition) is 5. The number of fused-ring (bicyclic) bond motifs is 1. The highest BCUT2D eigenvalue weighted by molar-refractivity contribution is 5.94. The number of benzene rings is 1. The third kappa shape index (κ3) is 2.13. The average molecular weight is 264 g/mol. The fraction of sp³-hybridized carbons (Fsp3) is 0.273. The van der Waals surface area contributed by atoms with Crippen LogP contribution in [0.5, 0.6) is 0 Å². The van der Waals surface area contributed by atoms with Crippen molar-refractivity contribution >= 4 is 22.6 Å².